The summed E-state index contributed by atoms with van der Waals surface area (Å²) in [4.78, 5) is 26.5. The van der Waals surface area contributed by atoms with Gasteiger partial charge in [0.25, 0.3) is 5.91 Å². The summed E-state index contributed by atoms with van der Waals surface area (Å²) in [7, 11) is 0. The van der Waals surface area contributed by atoms with Gasteiger partial charge in [0.2, 0.25) is 5.91 Å². The molecule has 24 heavy (non-hydrogen) atoms. The summed E-state index contributed by atoms with van der Waals surface area (Å²) in [6, 6.07) is 7.40. The van der Waals surface area contributed by atoms with Gasteiger partial charge < -0.3 is 15.0 Å². The fourth-order valence-corrected chi connectivity index (χ4v) is 2.95. The molecule has 1 aliphatic heterocycles. The first kappa shape index (κ1) is 18.3. The smallest absolute Gasteiger partial charge is 0.255 e. The molecule has 0 aromatic heterocycles. The van der Waals surface area contributed by atoms with Crippen LogP contribution in [0.1, 0.15) is 50.4 Å². The number of hydrogen-bond acceptors (Lipinski definition) is 3. The molecule has 0 atom stereocenters. The highest BCUT2D eigenvalue weighted by Crippen LogP contribution is 2.19. The molecule has 1 aromatic rings. The van der Waals surface area contributed by atoms with Crippen molar-refractivity contribution in [2.75, 3.05) is 19.7 Å². The number of nitrogens with one attached hydrogen (secondary N) is 1. The highest BCUT2D eigenvalue weighted by atomic mass is 16.5. The number of hydrogen-bond donors (Lipinski definition) is 1. The average Bonchev–Trinajstić information content (AvgIpc) is 2.55. The molecular formula is C19H28N2O3. The van der Waals surface area contributed by atoms with Gasteiger partial charge in [0.15, 0.2) is 0 Å². The van der Waals surface area contributed by atoms with Gasteiger partial charge in [-0.05, 0) is 37.8 Å². The Labute approximate surface area is 144 Å². The molecule has 1 aromatic carbocycles. The van der Waals surface area contributed by atoms with E-state index in [1.807, 2.05) is 30.0 Å². The van der Waals surface area contributed by atoms with Gasteiger partial charge in [-0.25, -0.2) is 0 Å². The molecule has 132 valence electrons. The fraction of sp³-hybridized carbons (Fsp3) is 0.579. The number of rotatable bonds is 6. The van der Waals surface area contributed by atoms with Crippen LogP contribution in [0.2, 0.25) is 0 Å². The normalized spacial score (nSPS) is 15.4. The van der Waals surface area contributed by atoms with Gasteiger partial charge in [-0.2, -0.15) is 0 Å². The van der Waals surface area contributed by atoms with E-state index in [0.717, 1.165) is 12.8 Å². The van der Waals surface area contributed by atoms with Crippen LogP contribution < -0.4 is 10.1 Å². The molecule has 0 aliphatic carbocycles. The summed E-state index contributed by atoms with van der Waals surface area (Å²) in [6.07, 6.45) is 2.19. The number of amides is 2. The molecule has 1 fully saturated rings. The maximum Gasteiger partial charge on any atom is 0.255 e. The molecule has 0 bridgehead atoms. The molecule has 1 N–H and O–H groups in total. The number of carbonyl (C=O) groups excluding carboxylic acids is 2. The van der Waals surface area contributed by atoms with E-state index in [2.05, 4.69) is 19.2 Å². The lowest BCUT2D eigenvalue weighted by Gasteiger charge is -2.33. The van der Waals surface area contributed by atoms with Gasteiger partial charge in [-0.1, -0.05) is 26.0 Å². The van der Waals surface area contributed by atoms with Crippen LogP contribution in [0, 0.1) is 5.92 Å². The number of nitrogens with zero attached hydrogens (tertiary/aromatic N) is 1. The van der Waals surface area contributed by atoms with Gasteiger partial charge >= 0.3 is 0 Å². The van der Waals surface area contributed by atoms with Crippen LogP contribution in [-0.4, -0.2) is 42.5 Å². The Morgan fingerprint density at radius 1 is 1.25 bits per heavy atom. The van der Waals surface area contributed by atoms with Crippen LogP contribution in [0.3, 0.4) is 0 Å². The molecule has 0 unspecified atom stereocenters. The van der Waals surface area contributed by atoms with Gasteiger partial charge in [0, 0.05) is 25.6 Å². The van der Waals surface area contributed by atoms with Crippen molar-refractivity contribution in [3.8, 4) is 5.75 Å². The third-order valence-corrected chi connectivity index (χ3v) is 4.20. The Bertz CT molecular complexity index is 563. The van der Waals surface area contributed by atoms with E-state index in [9.17, 15) is 9.59 Å². The fourth-order valence-electron chi connectivity index (χ4n) is 2.95. The molecule has 1 saturated heterocycles. The van der Waals surface area contributed by atoms with E-state index >= 15 is 0 Å². The summed E-state index contributed by atoms with van der Waals surface area (Å²) < 4.78 is 5.52. The highest BCUT2D eigenvalue weighted by molar-refractivity contribution is 5.97. The van der Waals surface area contributed by atoms with Crippen molar-refractivity contribution in [3.63, 3.8) is 0 Å². The van der Waals surface area contributed by atoms with Crippen molar-refractivity contribution in [2.24, 2.45) is 5.92 Å². The zero-order chi connectivity index (χ0) is 17.5. The lowest BCUT2D eigenvalue weighted by molar-refractivity contribution is -0.133. The molecule has 5 heteroatoms. The second-order valence-electron chi connectivity index (χ2n) is 6.66. The van der Waals surface area contributed by atoms with Crippen LogP contribution in [0.4, 0.5) is 0 Å². The summed E-state index contributed by atoms with van der Waals surface area (Å²) in [5.41, 5.74) is 0.567. The van der Waals surface area contributed by atoms with Crippen molar-refractivity contribution in [2.45, 2.75) is 46.1 Å². The second-order valence-corrected chi connectivity index (χ2v) is 6.66. The molecule has 2 rings (SSSR count). The first-order valence-electron chi connectivity index (χ1n) is 8.81. The van der Waals surface area contributed by atoms with Crippen molar-refractivity contribution in [1.29, 1.82) is 0 Å². The predicted octanol–water partition coefficient (Wildman–Crippen LogP) is 2.85. The van der Waals surface area contributed by atoms with Gasteiger partial charge in [0.1, 0.15) is 5.75 Å². The molecule has 0 saturated carbocycles. The number of likely N-dealkylation sites (tertiary alicyclic amines) is 1. The molecule has 1 heterocycles. The number of carbonyl (C=O) groups is 2. The van der Waals surface area contributed by atoms with E-state index in [0.29, 0.717) is 43.3 Å². The van der Waals surface area contributed by atoms with Crippen molar-refractivity contribution < 1.29 is 14.3 Å². The van der Waals surface area contributed by atoms with Crippen molar-refractivity contribution >= 4 is 11.8 Å². The summed E-state index contributed by atoms with van der Waals surface area (Å²) in [5.74, 6) is 1.11. The molecule has 5 nitrogen and oxygen atoms in total. The molecule has 0 spiro atoms. The molecule has 0 radical (unpaired) electrons. The Morgan fingerprint density at radius 2 is 1.92 bits per heavy atom. The Morgan fingerprint density at radius 3 is 2.54 bits per heavy atom. The third kappa shape index (κ3) is 4.98. The van der Waals surface area contributed by atoms with Crippen LogP contribution in [0.15, 0.2) is 24.3 Å². The zero-order valence-electron chi connectivity index (χ0n) is 14.9. The lowest BCUT2D eigenvalue weighted by Crippen LogP contribution is -2.46. The number of benzene rings is 1. The molecule has 1 aliphatic rings. The number of ether oxygens (including phenoxy) is 1. The van der Waals surface area contributed by atoms with Crippen LogP contribution >= 0.6 is 0 Å². The Balaban J connectivity index is 1.88. The monoisotopic (exact) mass is 332 g/mol. The van der Waals surface area contributed by atoms with E-state index in [4.69, 9.17) is 4.74 Å². The summed E-state index contributed by atoms with van der Waals surface area (Å²) in [6.45, 7) is 7.97. The van der Waals surface area contributed by atoms with Crippen LogP contribution in [0.5, 0.6) is 5.75 Å². The molecular weight excluding hydrogens is 304 g/mol. The van der Waals surface area contributed by atoms with E-state index in [1.54, 1.807) is 6.07 Å². The minimum atomic E-state index is -0.106. The predicted molar refractivity (Wildman–Crippen MR) is 94.1 cm³/mol. The SMILES string of the molecule is CCOc1ccccc1C(=O)NC1CCN(C(=O)CC(C)C)CC1. The van der Waals surface area contributed by atoms with Crippen molar-refractivity contribution in [1.82, 2.24) is 10.2 Å². The quantitative estimate of drug-likeness (QED) is 0.871. The zero-order valence-corrected chi connectivity index (χ0v) is 14.9. The Kier molecular flexibility index (Phi) is 6.64. The minimum absolute atomic E-state index is 0.106. The van der Waals surface area contributed by atoms with Gasteiger partial charge in [-0.15, -0.1) is 0 Å². The third-order valence-electron chi connectivity index (χ3n) is 4.20. The highest BCUT2D eigenvalue weighted by Gasteiger charge is 2.25. The van der Waals surface area contributed by atoms with Crippen LogP contribution in [-0.2, 0) is 4.79 Å². The summed E-state index contributed by atoms with van der Waals surface area (Å²) >= 11 is 0. The first-order valence-corrected chi connectivity index (χ1v) is 8.81. The molecule has 2 amide bonds. The largest absolute Gasteiger partial charge is 0.493 e. The van der Waals surface area contributed by atoms with Crippen molar-refractivity contribution in [3.05, 3.63) is 29.8 Å². The lowest BCUT2D eigenvalue weighted by atomic mass is 10.0. The standard InChI is InChI=1S/C19H28N2O3/c1-4-24-17-8-6-5-7-16(17)19(23)20-15-9-11-21(12-10-15)18(22)13-14(2)3/h5-8,14-15H,4,9-13H2,1-3H3,(H,20,23). The van der Waals surface area contributed by atoms with E-state index in [-0.39, 0.29) is 17.9 Å². The summed E-state index contributed by atoms with van der Waals surface area (Å²) in [5, 5.41) is 3.08. The maximum absolute atomic E-state index is 12.5. The average molecular weight is 332 g/mol. The second kappa shape index (κ2) is 8.71. The maximum atomic E-state index is 12.5. The van der Waals surface area contributed by atoms with Crippen LogP contribution in [0.25, 0.3) is 0 Å². The van der Waals surface area contributed by atoms with Gasteiger partial charge in [-0.3, -0.25) is 9.59 Å². The number of para-hydroxylation sites is 1. The topological polar surface area (TPSA) is 58.6 Å². The Hall–Kier alpha value is -2.04. The first-order chi connectivity index (χ1) is 11.5. The number of piperidine rings is 1. The van der Waals surface area contributed by atoms with E-state index < -0.39 is 0 Å². The van der Waals surface area contributed by atoms with E-state index in [1.165, 1.54) is 0 Å². The van der Waals surface area contributed by atoms with Gasteiger partial charge in [0.05, 0.1) is 12.2 Å². The minimum Gasteiger partial charge on any atom is -0.493 e.